The summed E-state index contributed by atoms with van der Waals surface area (Å²) in [5.41, 5.74) is 2.62. The Morgan fingerprint density at radius 2 is 2.10 bits per heavy atom. The average Bonchev–Trinajstić information content (AvgIpc) is 2.77. The summed E-state index contributed by atoms with van der Waals surface area (Å²) in [7, 11) is 1.72. The maximum atomic E-state index is 5.23. The summed E-state index contributed by atoms with van der Waals surface area (Å²) in [6, 6.07) is 8.23. The van der Waals surface area contributed by atoms with Crippen molar-refractivity contribution in [2.24, 2.45) is 10.4 Å². The fourth-order valence-electron chi connectivity index (χ4n) is 2.31. The molecular weight excluding hydrogens is 268 g/mol. The number of para-hydroxylation sites is 1. The topological polar surface area (TPSA) is 33.6 Å². The Labute approximate surface area is 126 Å². The highest BCUT2D eigenvalue weighted by Gasteiger charge is 2.25. The molecule has 0 saturated heterocycles. The second-order valence-electron chi connectivity index (χ2n) is 6.37. The Kier molecular flexibility index (Phi) is 5.11. The van der Waals surface area contributed by atoms with Gasteiger partial charge in [-0.3, -0.25) is 4.99 Å². The number of aliphatic imine (C=N–C) groups is 1. The van der Waals surface area contributed by atoms with Gasteiger partial charge in [0.15, 0.2) is 5.17 Å². The quantitative estimate of drug-likeness (QED) is 0.905. The highest BCUT2D eigenvalue weighted by Crippen LogP contribution is 2.32. The standard InChI is InChI=1S/C16H24N2OS/c1-16(2,3)9-13-10-17-15(20-13)18-14-8-6-5-7-12(14)11-19-4/h5-8,13H,9-11H2,1-4H3,(H,17,18). The Balaban J connectivity index is 1.95. The highest BCUT2D eigenvalue weighted by atomic mass is 32.2. The Hall–Kier alpha value is -1.000. The molecule has 1 heterocycles. The van der Waals surface area contributed by atoms with E-state index < -0.39 is 0 Å². The van der Waals surface area contributed by atoms with Crippen molar-refractivity contribution in [1.29, 1.82) is 0 Å². The van der Waals surface area contributed by atoms with Crippen LogP contribution in [0.2, 0.25) is 0 Å². The first-order chi connectivity index (χ1) is 9.48. The number of anilines is 1. The maximum Gasteiger partial charge on any atom is 0.161 e. The van der Waals surface area contributed by atoms with Gasteiger partial charge in [-0.25, -0.2) is 0 Å². The summed E-state index contributed by atoms with van der Waals surface area (Å²) < 4.78 is 5.23. The van der Waals surface area contributed by atoms with Gasteiger partial charge in [-0.2, -0.15) is 0 Å². The zero-order valence-electron chi connectivity index (χ0n) is 12.8. The number of amidine groups is 1. The molecule has 0 bridgehead atoms. The number of rotatable bonds is 4. The van der Waals surface area contributed by atoms with Gasteiger partial charge in [0.05, 0.1) is 13.2 Å². The number of ether oxygens (including phenoxy) is 1. The normalized spacial score (nSPS) is 19.0. The molecular formula is C16H24N2OS. The zero-order chi connectivity index (χ0) is 14.6. The summed E-state index contributed by atoms with van der Waals surface area (Å²) in [6.07, 6.45) is 1.19. The number of hydrogen-bond donors (Lipinski definition) is 1. The van der Waals surface area contributed by atoms with Gasteiger partial charge in [-0.05, 0) is 17.9 Å². The van der Waals surface area contributed by atoms with Crippen molar-refractivity contribution in [3.05, 3.63) is 29.8 Å². The summed E-state index contributed by atoms with van der Waals surface area (Å²) in [5.74, 6) is 0. The van der Waals surface area contributed by atoms with E-state index in [9.17, 15) is 0 Å². The molecule has 0 aromatic heterocycles. The van der Waals surface area contributed by atoms with Crippen LogP contribution in [0.3, 0.4) is 0 Å². The van der Waals surface area contributed by atoms with E-state index in [1.807, 2.05) is 23.9 Å². The number of nitrogens with one attached hydrogen (secondary N) is 1. The molecule has 1 aliphatic rings. The van der Waals surface area contributed by atoms with Crippen LogP contribution >= 0.6 is 11.8 Å². The molecule has 0 radical (unpaired) electrons. The fourth-order valence-corrected chi connectivity index (χ4v) is 3.68. The Morgan fingerprint density at radius 1 is 1.35 bits per heavy atom. The summed E-state index contributed by atoms with van der Waals surface area (Å²) in [4.78, 5) is 4.63. The number of nitrogens with zero attached hydrogens (tertiary/aromatic N) is 1. The van der Waals surface area contributed by atoms with Crippen molar-refractivity contribution in [1.82, 2.24) is 0 Å². The molecule has 4 heteroatoms. The highest BCUT2D eigenvalue weighted by molar-refractivity contribution is 8.15. The first kappa shape index (κ1) is 15.4. The molecule has 0 fully saturated rings. The van der Waals surface area contributed by atoms with Crippen LogP contribution in [0.4, 0.5) is 5.69 Å². The lowest BCUT2D eigenvalue weighted by atomic mass is 9.90. The third-order valence-electron chi connectivity index (χ3n) is 3.12. The monoisotopic (exact) mass is 292 g/mol. The predicted octanol–water partition coefficient (Wildman–Crippen LogP) is 4.15. The minimum atomic E-state index is 0.358. The van der Waals surface area contributed by atoms with Crippen molar-refractivity contribution in [3.8, 4) is 0 Å². The fraction of sp³-hybridized carbons (Fsp3) is 0.562. The molecule has 0 amide bonds. The van der Waals surface area contributed by atoms with E-state index in [-0.39, 0.29) is 0 Å². The summed E-state index contributed by atoms with van der Waals surface area (Å²) in [6.45, 7) is 8.38. The van der Waals surface area contributed by atoms with Crippen molar-refractivity contribution in [3.63, 3.8) is 0 Å². The van der Waals surface area contributed by atoms with Crippen molar-refractivity contribution in [2.45, 2.75) is 39.0 Å². The smallest absolute Gasteiger partial charge is 0.161 e. The van der Waals surface area contributed by atoms with Gasteiger partial charge in [0, 0.05) is 23.6 Å². The molecule has 110 valence electrons. The largest absolute Gasteiger partial charge is 0.380 e. The lowest BCUT2D eigenvalue weighted by Gasteiger charge is -2.21. The number of hydrogen-bond acceptors (Lipinski definition) is 4. The first-order valence-corrected chi connectivity index (χ1v) is 7.91. The SMILES string of the molecule is COCc1ccccc1NC1=NCC(CC(C)(C)C)S1. The van der Waals surface area contributed by atoms with Gasteiger partial charge >= 0.3 is 0 Å². The molecule has 0 aliphatic carbocycles. The van der Waals surface area contributed by atoms with E-state index in [1.165, 1.54) is 6.42 Å². The molecule has 2 rings (SSSR count). The third-order valence-corrected chi connectivity index (χ3v) is 4.22. The molecule has 1 aromatic rings. The molecule has 20 heavy (non-hydrogen) atoms. The lowest BCUT2D eigenvalue weighted by molar-refractivity contribution is 0.185. The van der Waals surface area contributed by atoms with Crippen LogP contribution in [-0.2, 0) is 11.3 Å². The average molecular weight is 292 g/mol. The Bertz CT molecular complexity index is 480. The van der Waals surface area contributed by atoms with Crippen LogP contribution in [0.15, 0.2) is 29.3 Å². The molecule has 1 N–H and O–H groups in total. The van der Waals surface area contributed by atoms with E-state index in [1.54, 1.807) is 7.11 Å². The van der Waals surface area contributed by atoms with Gasteiger partial charge in [0.2, 0.25) is 0 Å². The number of thioether (sulfide) groups is 1. The molecule has 1 unspecified atom stereocenters. The second kappa shape index (κ2) is 6.64. The van der Waals surface area contributed by atoms with Gasteiger partial charge in [-0.15, -0.1) is 0 Å². The molecule has 1 aliphatic heterocycles. The van der Waals surface area contributed by atoms with Crippen LogP contribution in [0.25, 0.3) is 0 Å². The van der Waals surface area contributed by atoms with Gasteiger partial charge < -0.3 is 10.1 Å². The van der Waals surface area contributed by atoms with Crippen LogP contribution in [0, 0.1) is 5.41 Å². The van der Waals surface area contributed by atoms with E-state index in [0.717, 1.165) is 23.0 Å². The first-order valence-electron chi connectivity index (χ1n) is 7.03. The van der Waals surface area contributed by atoms with Crippen LogP contribution in [0.5, 0.6) is 0 Å². The number of benzene rings is 1. The predicted molar refractivity (Wildman–Crippen MR) is 88.5 cm³/mol. The molecule has 0 saturated carbocycles. The second-order valence-corrected chi connectivity index (χ2v) is 7.65. The van der Waals surface area contributed by atoms with E-state index >= 15 is 0 Å². The van der Waals surface area contributed by atoms with Gasteiger partial charge in [0.25, 0.3) is 0 Å². The third kappa shape index (κ3) is 4.53. The molecule has 3 nitrogen and oxygen atoms in total. The number of methoxy groups -OCH3 is 1. The molecule has 0 spiro atoms. The zero-order valence-corrected chi connectivity index (χ0v) is 13.6. The Morgan fingerprint density at radius 3 is 2.80 bits per heavy atom. The van der Waals surface area contributed by atoms with Crippen molar-refractivity contribution >= 4 is 22.6 Å². The molecule has 1 atom stereocenters. The van der Waals surface area contributed by atoms with Crippen molar-refractivity contribution in [2.75, 3.05) is 19.0 Å². The van der Waals surface area contributed by atoms with E-state index in [0.29, 0.717) is 17.3 Å². The summed E-state index contributed by atoms with van der Waals surface area (Å²) >= 11 is 1.86. The van der Waals surface area contributed by atoms with Crippen LogP contribution < -0.4 is 5.32 Å². The van der Waals surface area contributed by atoms with E-state index in [2.05, 4.69) is 43.2 Å². The lowest BCUT2D eigenvalue weighted by Crippen LogP contribution is -2.16. The van der Waals surface area contributed by atoms with Crippen LogP contribution in [0.1, 0.15) is 32.8 Å². The maximum absolute atomic E-state index is 5.23. The minimum absolute atomic E-state index is 0.358. The summed E-state index contributed by atoms with van der Waals surface area (Å²) in [5, 5.41) is 5.06. The minimum Gasteiger partial charge on any atom is -0.380 e. The van der Waals surface area contributed by atoms with Crippen molar-refractivity contribution < 1.29 is 4.74 Å². The molecule has 1 aromatic carbocycles. The van der Waals surface area contributed by atoms with Gasteiger partial charge in [0.1, 0.15) is 0 Å². The van der Waals surface area contributed by atoms with E-state index in [4.69, 9.17) is 4.74 Å². The van der Waals surface area contributed by atoms with Gasteiger partial charge in [-0.1, -0.05) is 50.7 Å². The van der Waals surface area contributed by atoms with Crippen LogP contribution in [-0.4, -0.2) is 24.1 Å².